The van der Waals surface area contributed by atoms with Crippen molar-refractivity contribution in [2.45, 2.75) is 10.4 Å². The van der Waals surface area contributed by atoms with Gasteiger partial charge in [-0.05, 0) is 39.8 Å². The third kappa shape index (κ3) is 2.78. The molecule has 0 saturated carbocycles. The van der Waals surface area contributed by atoms with E-state index in [1.54, 1.807) is 0 Å². The van der Waals surface area contributed by atoms with Gasteiger partial charge in [-0.1, -0.05) is 0 Å². The molecule has 0 spiro atoms. The number of benzene rings is 1. The van der Waals surface area contributed by atoms with Crippen LogP contribution in [0.1, 0.15) is 0 Å². The topological polar surface area (TPSA) is 20.2 Å². The quantitative estimate of drug-likeness (QED) is 0.625. The Bertz CT molecular complexity index is 352. The first-order valence-corrected chi connectivity index (χ1v) is 4.85. The Kier molecular flexibility index (Phi) is 3.31. The summed E-state index contributed by atoms with van der Waals surface area (Å²) < 4.78 is 48.0. The lowest BCUT2D eigenvalue weighted by Gasteiger charge is -2.08. The van der Waals surface area contributed by atoms with E-state index in [0.29, 0.717) is 0 Å². The fraction of sp³-hybridized carbons (Fsp3) is 0.143. The second-order valence-electron chi connectivity index (χ2n) is 2.26. The third-order valence-electron chi connectivity index (χ3n) is 1.26. The Morgan fingerprint density at radius 3 is 2.36 bits per heavy atom. The molecule has 14 heavy (non-hydrogen) atoms. The molecule has 1 nitrogen and oxygen atoms in total. The Morgan fingerprint density at radius 2 is 1.86 bits per heavy atom. The van der Waals surface area contributed by atoms with Crippen LogP contribution in [0.15, 0.2) is 21.5 Å². The van der Waals surface area contributed by atoms with Crippen LogP contribution in [0.4, 0.5) is 17.6 Å². The highest BCUT2D eigenvalue weighted by molar-refractivity contribution is 9.10. The zero-order chi connectivity index (χ0) is 10.9. The number of hydrogen-bond acceptors (Lipinski definition) is 2. The second-order valence-corrected chi connectivity index (χ2v) is 4.16. The number of hydrogen-bond donors (Lipinski definition) is 1. The van der Waals surface area contributed by atoms with Crippen LogP contribution < -0.4 is 0 Å². The summed E-state index contributed by atoms with van der Waals surface area (Å²) in [4.78, 5) is -0.439. The standard InChI is InChI=1S/C7H3BrF4OS/c8-5-3(9)1-2-4(6(5)13)14-7(10,11)12/h1-2,13H. The van der Waals surface area contributed by atoms with Gasteiger partial charge in [-0.3, -0.25) is 0 Å². The molecule has 0 aliphatic rings. The lowest BCUT2D eigenvalue weighted by Crippen LogP contribution is -1.99. The van der Waals surface area contributed by atoms with Crippen LogP contribution in [-0.2, 0) is 0 Å². The molecular weight excluding hydrogens is 288 g/mol. The minimum Gasteiger partial charge on any atom is -0.505 e. The fourth-order valence-corrected chi connectivity index (χ4v) is 1.79. The monoisotopic (exact) mass is 290 g/mol. The molecule has 0 aliphatic heterocycles. The van der Waals surface area contributed by atoms with E-state index in [4.69, 9.17) is 5.11 Å². The zero-order valence-corrected chi connectivity index (χ0v) is 8.80. The molecule has 0 aromatic heterocycles. The Morgan fingerprint density at radius 1 is 1.29 bits per heavy atom. The molecule has 0 heterocycles. The number of thioether (sulfide) groups is 1. The summed E-state index contributed by atoms with van der Waals surface area (Å²) in [6.07, 6.45) is 0. The lowest BCUT2D eigenvalue weighted by molar-refractivity contribution is -0.0329. The van der Waals surface area contributed by atoms with Gasteiger partial charge in [0.15, 0.2) is 0 Å². The van der Waals surface area contributed by atoms with E-state index in [9.17, 15) is 17.6 Å². The van der Waals surface area contributed by atoms with Gasteiger partial charge in [-0.25, -0.2) is 4.39 Å². The number of phenolic OH excluding ortho intramolecular Hbond substituents is 1. The van der Waals surface area contributed by atoms with E-state index in [1.165, 1.54) is 0 Å². The molecule has 0 saturated heterocycles. The highest BCUT2D eigenvalue weighted by Gasteiger charge is 2.31. The van der Waals surface area contributed by atoms with Crippen LogP contribution in [0, 0.1) is 5.82 Å². The van der Waals surface area contributed by atoms with Crippen molar-refractivity contribution in [3.63, 3.8) is 0 Å². The summed E-state index contributed by atoms with van der Waals surface area (Å²) in [6.45, 7) is 0. The van der Waals surface area contributed by atoms with Crippen molar-refractivity contribution in [2.24, 2.45) is 0 Å². The molecular formula is C7H3BrF4OS. The van der Waals surface area contributed by atoms with Crippen LogP contribution in [0.3, 0.4) is 0 Å². The first kappa shape index (κ1) is 11.6. The van der Waals surface area contributed by atoms with E-state index in [1.807, 2.05) is 0 Å². The van der Waals surface area contributed by atoms with E-state index in [0.717, 1.165) is 12.1 Å². The maximum Gasteiger partial charge on any atom is 0.446 e. The molecule has 0 fully saturated rings. The van der Waals surface area contributed by atoms with E-state index in [-0.39, 0.29) is 4.47 Å². The maximum absolute atomic E-state index is 12.7. The second kappa shape index (κ2) is 3.98. The lowest BCUT2D eigenvalue weighted by atomic mass is 10.3. The van der Waals surface area contributed by atoms with E-state index < -0.39 is 33.7 Å². The summed E-state index contributed by atoms with van der Waals surface area (Å²) in [5.41, 5.74) is -4.51. The largest absolute Gasteiger partial charge is 0.505 e. The number of alkyl halides is 3. The van der Waals surface area contributed by atoms with Gasteiger partial charge in [-0.2, -0.15) is 13.2 Å². The van der Waals surface area contributed by atoms with Gasteiger partial charge in [0.1, 0.15) is 11.6 Å². The number of aromatic hydroxyl groups is 1. The van der Waals surface area contributed by atoms with Crippen molar-refractivity contribution in [2.75, 3.05) is 0 Å². The molecule has 78 valence electrons. The molecule has 1 rings (SSSR count). The third-order valence-corrected chi connectivity index (χ3v) is 2.79. The van der Waals surface area contributed by atoms with Gasteiger partial charge < -0.3 is 5.11 Å². The van der Waals surface area contributed by atoms with Gasteiger partial charge in [0, 0.05) is 0 Å². The van der Waals surface area contributed by atoms with Gasteiger partial charge in [0.05, 0.1) is 9.37 Å². The Balaban J connectivity index is 3.06. The summed E-state index contributed by atoms with van der Waals surface area (Å²) in [5, 5.41) is 9.13. The Hall–Kier alpha value is -0.430. The highest BCUT2D eigenvalue weighted by Crippen LogP contribution is 2.44. The molecule has 1 aromatic rings. The normalized spacial score (nSPS) is 11.8. The van der Waals surface area contributed by atoms with Crippen molar-refractivity contribution >= 4 is 27.7 Å². The van der Waals surface area contributed by atoms with Crippen molar-refractivity contribution in [1.29, 1.82) is 0 Å². The van der Waals surface area contributed by atoms with E-state index >= 15 is 0 Å². The molecule has 0 unspecified atom stereocenters. The molecule has 1 N–H and O–H groups in total. The molecule has 0 bridgehead atoms. The van der Waals surface area contributed by atoms with E-state index in [2.05, 4.69) is 15.9 Å². The van der Waals surface area contributed by atoms with Crippen molar-refractivity contribution < 1.29 is 22.7 Å². The first-order chi connectivity index (χ1) is 6.31. The van der Waals surface area contributed by atoms with Crippen molar-refractivity contribution in [1.82, 2.24) is 0 Å². The predicted octanol–water partition coefficient (Wildman–Crippen LogP) is 3.91. The Labute approximate surface area is 89.2 Å². The zero-order valence-electron chi connectivity index (χ0n) is 6.40. The molecule has 0 aliphatic carbocycles. The molecule has 7 heteroatoms. The van der Waals surface area contributed by atoms with Crippen LogP contribution in [0.25, 0.3) is 0 Å². The van der Waals surface area contributed by atoms with Crippen LogP contribution >= 0.6 is 27.7 Å². The van der Waals surface area contributed by atoms with Gasteiger partial charge >= 0.3 is 5.51 Å². The molecule has 0 atom stereocenters. The van der Waals surface area contributed by atoms with Crippen molar-refractivity contribution in [3.8, 4) is 5.75 Å². The van der Waals surface area contributed by atoms with Crippen LogP contribution in [0.5, 0.6) is 5.75 Å². The van der Waals surface area contributed by atoms with Gasteiger partial charge in [-0.15, -0.1) is 0 Å². The minimum absolute atomic E-state index is 0.369. The molecule has 1 aromatic carbocycles. The smallest absolute Gasteiger partial charge is 0.446 e. The number of halogens is 5. The fourth-order valence-electron chi connectivity index (χ4n) is 0.729. The average molecular weight is 291 g/mol. The summed E-state index contributed by atoms with van der Waals surface area (Å²) in [7, 11) is 0. The molecule has 0 amide bonds. The highest BCUT2D eigenvalue weighted by atomic mass is 79.9. The summed E-state index contributed by atoms with van der Waals surface area (Å²) >= 11 is 2.14. The van der Waals surface area contributed by atoms with Crippen molar-refractivity contribution in [3.05, 3.63) is 22.4 Å². The van der Waals surface area contributed by atoms with Crippen LogP contribution in [0.2, 0.25) is 0 Å². The number of phenols is 1. The predicted molar refractivity (Wildman–Crippen MR) is 47.7 cm³/mol. The van der Waals surface area contributed by atoms with Gasteiger partial charge in [0.2, 0.25) is 0 Å². The first-order valence-electron chi connectivity index (χ1n) is 3.24. The van der Waals surface area contributed by atoms with Gasteiger partial charge in [0.25, 0.3) is 0 Å². The van der Waals surface area contributed by atoms with Crippen LogP contribution in [-0.4, -0.2) is 10.6 Å². The summed E-state index contributed by atoms with van der Waals surface area (Å²) in [6, 6.07) is 1.71. The molecule has 0 radical (unpaired) electrons. The minimum atomic E-state index is -4.51. The SMILES string of the molecule is Oc1c(SC(F)(F)F)ccc(F)c1Br. The summed E-state index contributed by atoms with van der Waals surface area (Å²) in [5.74, 6) is -1.55. The number of rotatable bonds is 1. The maximum atomic E-state index is 12.7. The average Bonchev–Trinajstić information content (AvgIpc) is 2.04.